The molecule has 0 spiro atoms. The number of carbonyl (C=O) groups is 2. The summed E-state index contributed by atoms with van der Waals surface area (Å²) in [4.78, 5) is 24.9. The molecular formula is C15H17F2N3O2. The summed E-state index contributed by atoms with van der Waals surface area (Å²) in [7, 11) is 0. The van der Waals surface area contributed by atoms with E-state index in [4.69, 9.17) is 0 Å². The summed E-state index contributed by atoms with van der Waals surface area (Å²) >= 11 is 0. The van der Waals surface area contributed by atoms with Crippen LogP contribution in [0.1, 0.15) is 31.2 Å². The molecule has 0 aliphatic carbocycles. The van der Waals surface area contributed by atoms with Gasteiger partial charge in [0.25, 0.3) is 5.91 Å². The Kier molecular flexibility index (Phi) is 5.57. The number of likely N-dealkylation sites (tertiary alicyclic amines) is 1. The lowest BCUT2D eigenvalue weighted by Gasteiger charge is -2.18. The topological polar surface area (TPSA) is 61.8 Å². The van der Waals surface area contributed by atoms with E-state index >= 15 is 0 Å². The Balaban J connectivity index is 1.89. The molecule has 0 aromatic heterocycles. The molecular weight excluding hydrogens is 292 g/mol. The maximum absolute atomic E-state index is 13.3. The van der Waals surface area contributed by atoms with Crippen LogP contribution in [0.2, 0.25) is 0 Å². The van der Waals surface area contributed by atoms with Crippen LogP contribution >= 0.6 is 0 Å². The van der Waals surface area contributed by atoms with Gasteiger partial charge in [-0.2, -0.15) is 5.10 Å². The van der Waals surface area contributed by atoms with Crippen molar-refractivity contribution in [1.29, 1.82) is 0 Å². The number of carbonyl (C=O) groups excluding carboxylic acids is 2. The van der Waals surface area contributed by atoms with Gasteiger partial charge in [0.05, 0.1) is 11.8 Å². The average molecular weight is 309 g/mol. The molecule has 0 bridgehead atoms. The van der Waals surface area contributed by atoms with Crippen molar-refractivity contribution in [3.8, 4) is 0 Å². The molecule has 0 radical (unpaired) electrons. The van der Waals surface area contributed by atoms with Crippen molar-refractivity contribution in [2.24, 2.45) is 5.10 Å². The smallest absolute Gasteiger partial charge is 0.259 e. The van der Waals surface area contributed by atoms with Crippen LogP contribution in [0.25, 0.3) is 0 Å². The van der Waals surface area contributed by atoms with E-state index in [1.807, 2.05) is 0 Å². The van der Waals surface area contributed by atoms with Crippen LogP contribution in [0.4, 0.5) is 8.78 Å². The fraction of sp³-hybridized carbons (Fsp3) is 0.400. The van der Waals surface area contributed by atoms with Gasteiger partial charge in [-0.25, -0.2) is 14.2 Å². The second kappa shape index (κ2) is 7.63. The minimum absolute atomic E-state index is 0.0585. The van der Waals surface area contributed by atoms with Crippen molar-refractivity contribution < 1.29 is 18.4 Å². The Labute approximate surface area is 127 Å². The van der Waals surface area contributed by atoms with Gasteiger partial charge in [-0.15, -0.1) is 0 Å². The number of nitrogens with one attached hydrogen (secondary N) is 1. The first-order valence-corrected chi connectivity index (χ1v) is 7.11. The van der Waals surface area contributed by atoms with Gasteiger partial charge in [-0.05, 0) is 25.0 Å². The van der Waals surface area contributed by atoms with Crippen LogP contribution in [0.3, 0.4) is 0 Å². The van der Waals surface area contributed by atoms with E-state index in [1.54, 1.807) is 0 Å². The maximum Gasteiger partial charge on any atom is 0.259 e. The van der Waals surface area contributed by atoms with Crippen LogP contribution in [-0.4, -0.2) is 36.0 Å². The molecule has 0 saturated carbocycles. The van der Waals surface area contributed by atoms with Crippen molar-refractivity contribution in [1.82, 2.24) is 10.3 Å². The summed E-state index contributed by atoms with van der Waals surface area (Å²) in [5.74, 6) is -2.08. The number of rotatable bonds is 4. The largest absolute Gasteiger partial charge is 0.333 e. The second-order valence-corrected chi connectivity index (χ2v) is 5.05. The normalized spacial score (nSPS) is 15.9. The summed E-state index contributed by atoms with van der Waals surface area (Å²) in [6.07, 6.45) is 4.02. The highest BCUT2D eigenvalue weighted by molar-refractivity contribution is 5.86. The molecule has 1 saturated heterocycles. The monoisotopic (exact) mass is 309 g/mol. The van der Waals surface area contributed by atoms with E-state index < -0.39 is 17.5 Å². The molecule has 1 aliphatic heterocycles. The Morgan fingerprint density at radius 1 is 1.27 bits per heavy atom. The predicted molar refractivity (Wildman–Crippen MR) is 77.1 cm³/mol. The minimum atomic E-state index is -0.763. The fourth-order valence-electron chi connectivity index (χ4n) is 2.22. The van der Waals surface area contributed by atoms with E-state index in [9.17, 15) is 18.4 Å². The Morgan fingerprint density at radius 3 is 2.73 bits per heavy atom. The zero-order valence-electron chi connectivity index (χ0n) is 12.0. The highest BCUT2D eigenvalue weighted by Gasteiger charge is 2.18. The van der Waals surface area contributed by atoms with E-state index in [2.05, 4.69) is 10.5 Å². The van der Waals surface area contributed by atoms with Crippen molar-refractivity contribution in [2.45, 2.75) is 25.7 Å². The first kappa shape index (κ1) is 16.1. The number of hydrogen-bond acceptors (Lipinski definition) is 3. The molecule has 1 aromatic rings. The van der Waals surface area contributed by atoms with Crippen molar-refractivity contribution in [3.63, 3.8) is 0 Å². The second-order valence-electron chi connectivity index (χ2n) is 5.05. The third-order valence-corrected chi connectivity index (χ3v) is 3.39. The Hall–Kier alpha value is -2.31. The molecule has 118 valence electrons. The quantitative estimate of drug-likeness (QED) is 0.681. The lowest BCUT2D eigenvalue weighted by atomic mass is 10.2. The SMILES string of the molecule is O=C(CN1CCCCCC1=O)N/N=C\c1c(F)cccc1F. The van der Waals surface area contributed by atoms with Gasteiger partial charge in [-0.1, -0.05) is 12.5 Å². The summed E-state index contributed by atoms with van der Waals surface area (Å²) in [5, 5.41) is 3.53. The molecule has 2 rings (SSSR count). The number of benzene rings is 1. The zero-order valence-corrected chi connectivity index (χ0v) is 12.0. The van der Waals surface area contributed by atoms with Crippen molar-refractivity contribution >= 4 is 18.0 Å². The van der Waals surface area contributed by atoms with E-state index in [1.165, 1.54) is 11.0 Å². The van der Waals surface area contributed by atoms with E-state index in [0.29, 0.717) is 13.0 Å². The molecule has 1 aromatic carbocycles. The lowest BCUT2D eigenvalue weighted by Crippen LogP contribution is -2.39. The van der Waals surface area contributed by atoms with Crippen LogP contribution < -0.4 is 5.43 Å². The van der Waals surface area contributed by atoms with Gasteiger partial charge in [0.15, 0.2) is 0 Å². The van der Waals surface area contributed by atoms with Gasteiger partial charge in [0.1, 0.15) is 18.2 Å². The maximum atomic E-state index is 13.3. The zero-order chi connectivity index (χ0) is 15.9. The van der Waals surface area contributed by atoms with Gasteiger partial charge >= 0.3 is 0 Å². The number of nitrogens with zero attached hydrogens (tertiary/aromatic N) is 2. The number of hydrazone groups is 1. The molecule has 7 heteroatoms. The molecule has 1 heterocycles. The first-order valence-electron chi connectivity index (χ1n) is 7.11. The first-order chi connectivity index (χ1) is 10.6. The van der Waals surface area contributed by atoms with Gasteiger partial charge in [0.2, 0.25) is 5.91 Å². The van der Waals surface area contributed by atoms with Crippen molar-refractivity contribution in [2.75, 3.05) is 13.1 Å². The minimum Gasteiger partial charge on any atom is -0.333 e. The summed E-state index contributed by atoms with van der Waals surface area (Å²) < 4.78 is 26.7. The Bertz CT molecular complexity index is 570. The summed E-state index contributed by atoms with van der Waals surface area (Å²) in [6, 6.07) is 3.44. The molecule has 0 atom stereocenters. The fourth-order valence-corrected chi connectivity index (χ4v) is 2.22. The third kappa shape index (κ3) is 4.34. The van der Waals surface area contributed by atoms with Crippen LogP contribution in [0.15, 0.2) is 23.3 Å². The van der Waals surface area contributed by atoms with Gasteiger partial charge in [0, 0.05) is 13.0 Å². The molecule has 5 nitrogen and oxygen atoms in total. The third-order valence-electron chi connectivity index (χ3n) is 3.39. The molecule has 0 unspecified atom stereocenters. The molecule has 1 aliphatic rings. The van der Waals surface area contributed by atoms with Crippen LogP contribution in [0, 0.1) is 11.6 Å². The highest BCUT2D eigenvalue weighted by Crippen LogP contribution is 2.11. The van der Waals surface area contributed by atoms with E-state index in [-0.39, 0.29) is 18.0 Å². The number of halogens is 2. The standard InChI is InChI=1S/C15H17F2N3O2/c16-12-5-4-6-13(17)11(12)9-18-19-14(21)10-20-8-3-1-2-7-15(20)22/h4-6,9H,1-3,7-8,10H2,(H,19,21)/b18-9-. The number of amides is 2. The summed E-state index contributed by atoms with van der Waals surface area (Å²) in [6.45, 7) is 0.438. The predicted octanol–water partition coefficient (Wildman–Crippen LogP) is 1.82. The van der Waals surface area contributed by atoms with Gasteiger partial charge in [-0.3, -0.25) is 9.59 Å². The highest BCUT2D eigenvalue weighted by atomic mass is 19.1. The Morgan fingerprint density at radius 2 is 2.00 bits per heavy atom. The number of hydrogen-bond donors (Lipinski definition) is 1. The average Bonchev–Trinajstić information content (AvgIpc) is 2.67. The molecule has 2 amide bonds. The molecule has 1 fully saturated rings. The van der Waals surface area contributed by atoms with Crippen LogP contribution in [-0.2, 0) is 9.59 Å². The molecule has 22 heavy (non-hydrogen) atoms. The van der Waals surface area contributed by atoms with Crippen molar-refractivity contribution in [3.05, 3.63) is 35.4 Å². The van der Waals surface area contributed by atoms with Gasteiger partial charge < -0.3 is 4.90 Å². The van der Waals surface area contributed by atoms with Crippen LogP contribution in [0.5, 0.6) is 0 Å². The lowest BCUT2D eigenvalue weighted by molar-refractivity contribution is -0.135. The summed E-state index contributed by atoms with van der Waals surface area (Å²) in [5.41, 5.74) is 1.85. The van der Waals surface area contributed by atoms with E-state index in [0.717, 1.165) is 37.6 Å². The molecule has 1 N–H and O–H groups in total.